The number of amides is 2. The second-order valence-electron chi connectivity index (χ2n) is 7.79. The van der Waals surface area contributed by atoms with Gasteiger partial charge in [-0.1, -0.05) is 5.16 Å². The minimum atomic E-state index is -1.20. The Morgan fingerprint density at radius 3 is 2.86 bits per heavy atom. The number of carboxylic acids is 1. The van der Waals surface area contributed by atoms with E-state index in [0.29, 0.717) is 17.1 Å². The molecule has 0 bridgehead atoms. The number of carboxylic acid groups (broad SMARTS) is 1. The molecule has 2 aromatic rings. The first-order chi connectivity index (χ1) is 16.7. The number of hydrogen-bond acceptors (Lipinski definition) is 11. The Labute approximate surface area is 208 Å². The highest BCUT2D eigenvalue weighted by Crippen LogP contribution is 2.40. The van der Waals surface area contributed by atoms with Crippen LogP contribution in [0.1, 0.15) is 5.69 Å². The molecular weight excluding hydrogens is 496 g/mol. The van der Waals surface area contributed by atoms with Crippen molar-refractivity contribution in [2.24, 2.45) is 5.16 Å². The lowest BCUT2D eigenvalue weighted by atomic mass is 10.0. The summed E-state index contributed by atoms with van der Waals surface area (Å²) in [5.74, 6) is -1.31. The topological polar surface area (TPSA) is 167 Å². The van der Waals surface area contributed by atoms with E-state index in [0.717, 1.165) is 11.3 Å². The first-order valence-corrected chi connectivity index (χ1v) is 12.2. The summed E-state index contributed by atoms with van der Waals surface area (Å²) in [6.07, 6.45) is 5.16. The molecule has 0 aromatic carbocycles. The van der Waals surface area contributed by atoms with Crippen LogP contribution < -0.4 is 20.5 Å². The number of thioether (sulfide) groups is 1. The Bertz CT molecular complexity index is 1240. The van der Waals surface area contributed by atoms with E-state index >= 15 is 0 Å². The summed E-state index contributed by atoms with van der Waals surface area (Å²) in [6, 6.07) is -0.921. The maximum atomic E-state index is 13.0. The van der Waals surface area contributed by atoms with Gasteiger partial charge < -0.3 is 25.9 Å². The molecule has 0 aliphatic carbocycles. The highest BCUT2D eigenvalue weighted by atomic mass is 32.2. The number of nitrogens with zero attached hydrogens (tertiary/aromatic N) is 6. The number of thiazole rings is 1. The van der Waals surface area contributed by atoms with E-state index < -0.39 is 29.2 Å². The van der Waals surface area contributed by atoms with E-state index in [1.165, 1.54) is 23.8 Å². The minimum absolute atomic E-state index is 0.0713. The maximum Gasteiger partial charge on any atom is 0.352 e. The van der Waals surface area contributed by atoms with Gasteiger partial charge in [-0.2, -0.15) is 4.57 Å². The first-order valence-electron chi connectivity index (χ1n) is 10.3. The fourth-order valence-corrected chi connectivity index (χ4v) is 5.56. The van der Waals surface area contributed by atoms with Crippen LogP contribution >= 0.6 is 23.1 Å². The van der Waals surface area contributed by atoms with Crippen molar-refractivity contribution in [2.45, 2.75) is 18.0 Å². The molecule has 184 valence electrons. The maximum absolute atomic E-state index is 13.0. The zero-order chi connectivity index (χ0) is 25.3. The normalized spacial score (nSPS) is 19.7. The summed E-state index contributed by atoms with van der Waals surface area (Å²) in [5, 5.41) is 17.5. The number of aromatic nitrogens is 3. The number of fused-ring (bicyclic) bond motifs is 1. The van der Waals surface area contributed by atoms with Crippen molar-refractivity contribution in [3.05, 3.63) is 40.9 Å². The summed E-state index contributed by atoms with van der Waals surface area (Å²) in [5.41, 5.74) is 6.24. The van der Waals surface area contributed by atoms with E-state index in [1.807, 2.05) is 23.6 Å². The molecule has 15 heteroatoms. The molecule has 2 atom stereocenters. The third-order valence-electron chi connectivity index (χ3n) is 5.28. The molecular formula is C20H23N8O5S2+. The third kappa shape index (κ3) is 4.77. The number of carbonyl (C=O) groups is 3. The predicted octanol–water partition coefficient (Wildman–Crippen LogP) is -0.737. The van der Waals surface area contributed by atoms with Crippen molar-refractivity contribution in [3.63, 3.8) is 0 Å². The smallest absolute Gasteiger partial charge is 0.352 e. The van der Waals surface area contributed by atoms with E-state index in [2.05, 4.69) is 20.4 Å². The van der Waals surface area contributed by atoms with Crippen LogP contribution in [-0.4, -0.2) is 81.8 Å². The zero-order valence-corrected chi connectivity index (χ0v) is 20.7. The van der Waals surface area contributed by atoms with Gasteiger partial charge in [0.2, 0.25) is 6.20 Å². The molecule has 2 aliphatic heterocycles. The van der Waals surface area contributed by atoms with Crippen LogP contribution in [0.5, 0.6) is 0 Å². The first kappa shape index (κ1) is 24.4. The average molecular weight is 520 g/mol. The van der Waals surface area contributed by atoms with Crippen LogP contribution in [-0.2, 0) is 25.8 Å². The Morgan fingerprint density at radius 1 is 1.46 bits per heavy atom. The molecule has 2 aliphatic rings. The fourth-order valence-electron chi connectivity index (χ4n) is 3.68. The molecule has 2 aromatic heterocycles. The highest BCUT2D eigenvalue weighted by molar-refractivity contribution is 8.00. The third-order valence-corrected chi connectivity index (χ3v) is 7.29. The van der Waals surface area contributed by atoms with Gasteiger partial charge in [0, 0.05) is 30.8 Å². The Hall–Kier alpha value is -3.72. The van der Waals surface area contributed by atoms with Crippen molar-refractivity contribution in [2.75, 3.05) is 37.6 Å². The van der Waals surface area contributed by atoms with Gasteiger partial charge in [0.1, 0.15) is 29.9 Å². The molecule has 4 heterocycles. The van der Waals surface area contributed by atoms with Crippen molar-refractivity contribution >= 4 is 57.5 Å². The number of nitrogen functional groups attached to an aromatic ring is 1. The lowest BCUT2D eigenvalue weighted by Gasteiger charge is -2.49. The molecule has 4 rings (SSSR count). The van der Waals surface area contributed by atoms with Crippen LogP contribution in [0.25, 0.3) is 0 Å². The standard InChI is InChI=1S/C20H22N8O5S2/c1-26(2)12-7-27(5-4-22-12)6-10-8-34-18-14(17(30)28(18)15(10)19(31)32)24-16(29)13(25-33-3)11-9-35-20(21)23-11/h4-5,7,9,14,18H,6,8H2,1-3H3,(H3-,21,23,24,29,31,32)/p+1/t14?,18-/m0/s1. The van der Waals surface area contributed by atoms with Gasteiger partial charge in [-0.3, -0.25) is 14.5 Å². The van der Waals surface area contributed by atoms with E-state index in [9.17, 15) is 19.5 Å². The fraction of sp³-hybridized carbons (Fsp3) is 0.350. The quantitative estimate of drug-likeness (QED) is 0.175. The van der Waals surface area contributed by atoms with Crippen molar-refractivity contribution < 1.29 is 28.9 Å². The van der Waals surface area contributed by atoms with Crippen molar-refractivity contribution in [1.82, 2.24) is 20.2 Å². The molecule has 1 unspecified atom stereocenters. The Kier molecular flexibility index (Phi) is 6.88. The summed E-state index contributed by atoms with van der Waals surface area (Å²) >= 11 is 2.51. The van der Waals surface area contributed by atoms with Gasteiger partial charge in [-0.05, 0) is 0 Å². The number of oxime groups is 1. The zero-order valence-electron chi connectivity index (χ0n) is 19.0. The lowest BCUT2D eigenvalue weighted by Crippen LogP contribution is -2.71. The molecule has 13 nitrogen and oxygen atoms in total. The molecule has 2 amide bonds. The van der Waals surface area contributed by atoms with E-state index in [4.69, 9.17) is 10.6 Å². The van der Waals surface area contributed by atoms with Crippen LogP contribution in [0.3, 0.4) is 0 Å². The van der Waals surface area contributed by atoms with E-state index in [1.54, 1.807) is 24.0 Å². The van der Waals surface area contributed by atoms with Gasteiger partial charge in [-0.25, -0.2) is 14.8 Å². The number of anilines is 2. The Morgan fingerprint density at radius 2 is 2.23 bits per heavy atom. The number of rotatable bonds is 8. The predicted molar refractivity (Wildman–Crippen MR) is 129 cm³/mol. The van der Waals surface area contributed by atoms with Crippen molar-refractivity contribution in [3.8, 4) is 0 Å². The summed E-state index contributed by atoms with van der Waals surface area (Å²) in [7, 11) is 4.99. The lowest BCUT2D eigenvalue weighted by molar-refractivity contribution is -0.688. The monoisotopic (exact) mass is 519 g/mol. The SMILES string of the molecule is CON=C(C(=O)NC1C(=O)N2C(C(=O)O)=C(C[n+]3ccnc(N(C)C)c3)CS[C@@H]12)c1csc(N)n1. The van der Waals surface area contributed by atoms with Crippen molar-refractivity contribution in [1.29, 1.82) is 0 Å². The molecule has 1 fully saturated rings. The molecule has 0 spiro atoms. The second kappa shape index (κ2) is 9.87. The summed E-state index contributed by atoms with van der Waals surface area (Å²) in [6.45, 7) is 0.279. The average Bonchev–Trinajstić information content (AvgIpc) is 3.26. The summed E-state index contributed by atoms with van der Waals surface area (Å²) < 4.78 is 1.82. The molecule has 1 saturated heterocycles. The number of nitrogens with one attached hydrogen (secondary N) is 1. The molecule has 4 N–H and O–H groups in total. The summed E-state index contributed by atoms with van der Waals surface area (Å²) in [4.78, 5) is 54.1. The number of β-lactam (4-membered cyclic amide) rings is 1. The van der Waals surface area contributed by atoms with Gasteiger partial charge in [0.05, 0.1) is 6.20 Å². The number of aliphatic carboxylic acids is 1. The second-order valence-corrected chi connectivity index (χ2v) is 9.79. The molecule has 0 saturated carbocycles. The molecule has 0 radical (unpaired) electrons. The number of hydrogen-bond donors (Lipinski definition) is 3. The minimum Gasteiger partial charge on any atom is -0.477 e. The van der Waals surface area contributed by atoms with Crippen LogP contribution in [0.2, 0.25) is 0 Å². The highest BCUT2D eigenvalue weighted by Gasteiger charge is 2.54. The van der Waals surface area contributed by atoms with Crippen LogP contribution in [0.15, 0.2) is 40.4 Å². The van der Waals surface area contributed by atoms with Crippen LogP contribution in [0, 0.1) is 0 Å². The van der Waals surface area contributed by atoms with Crippen LogP contribution in [0.4, 0.5) is 10.9 Å². The largest absolute Gasteiger partial charge is 0.477 e. The molecule has 35 heavy (non-hydrogen) atoms. The Balaban J connectivity index is 1.54. The number of carbonyl (C=O) groups excluding carboxylic acids is 2. The van der Waals surface area contributed by atoms with Gasteiger partial charge >= 0.3 is 5.97 Å². The number of nitrogens with two attached hydrogens (primary N) is 1. The van der Waals surface area contributed by atoms with Gasteiger partial charge in [0.15, 0.2) is 29.4 Å². The van der Waals surface area contributed by atoms with Gasteiger partial charge in [-0.15, -0.1) is 23.1 Å². The van der Waals surface area contributed by atoms with Gasteiger partial charge in [0.25, 0.3) is 11.8 Å². The van der Waals surface area contributed by atoms with E-state index in [-0.39, 0.29) is 28.8 Å².